The summed E-state index contributed by atoms with van der Waals surface area (Å²) in [6, 6.07) is 23.4. The van der Waals surface area contributed by atoms with Crippen LogP contribution in [0.5, 0.6) is 0 Å². The summed E-state index contributed by atoms with van der Waals surface area (Å²) in [4.78, 5) is 30.2. The van der Waals surface area contributed by atoms with E-state index in [-0.39, 0.29) is 11.8 Å². The fourth-order valence-electron chi connectivity index (χ4n) is 3.43. The summed E-state index contributed by atoms with van der Waals surface area (Å²) in [6.45, 7) is 0.630. The summed E-state index contributed by atoms with van der Waals surface area (Å²) in [6.07, 6.45) is 6.09. The molecule has 2 aromatic carbocycles. The largest absolute Gasteiger partial charge is 0.359 e. The lowest BCUT2D eigenvalue weighted by molar-refractivity contribution is -0.120. The average Bonchev–Trinajstić information content (AvgIpc) is 2.85. The van der Waals surface area contributed by atoms with Crippen molar-refractivity contribution in [1.29, 1.82) is 0 Å². The topological polar surface area (TPSA) is 74.3 Å². The molecule has 0 spiro atoms. The zero-order valence-corrected chi connectivity index (χ0v) is 18.5. The lowest BCUT2D eigenvalue weighted by Gasteiger charge is -2.24. The van der Waals surface area contributed by atoms with Crippen LogP contribution in [-0.2, 0) is 4.79 Å². The molecular formula is C26H30N4O2. The van der Waals surface area contributed by atoms with E-state index in [9.17, 15) is 9.59 Å². The highest BCUT2D eigenvalue weighted by Crippen LogP contribution is 2.32. The van der Waals surface area contributed by atoms with Crippen molar-refractivity contribution in [2.45, 2.75) is 32.1 Å². The number of para-hydroxylation sites is 1. The van der Waals surface area contributed by atoms with Crippen LogP contribution in [0.25, 0.3) is 0 Å². The number of amides is 2. The number of nitrogens with one attached hydrogen (secondary N) is 2. The van der Waals surface area contributed by atoms with Gasteiger partial charge in [-0.2, -0.15) is 0 Å². The van der Waals surface area contributed by atoms with Gasteiger partial charge in [-0.15, -0.1) is 0 Å². The normalized spacial score (nSPS) is 10.4. The molecule has 6 nitrogen and oxygen atoms in total. The van der Waals surface area contributed by atoms with Gasteiger partial charge in [-0.25, -0.2) is 4.98 Å². The van der Waals surface area contributed by atoms with Crippen molar-refractivity contribution in [2.75, 3.05) is 18.5 Å². The molecule has 0 aliphatic carbocycles. The van der Waals surface area contributed by atoms with E-state index in [1.165, 1.54) is 0 Å². The Morgan fingerprint density at radius 2 is 1.50 bits per heavy atom. The first kappa shape index (κ1) is 23.0. The molecule has 0 unspecified atom stereocenters. The van der Waals surface area contributed by atoms with E-state index < -0.39 is 0 Å². The summed E-state index contributed by atoms with van der Waals surface area (Å²) < 4.78 is 0. The molecule has 0 saturated heterocycles. The molecular weight excluding hydrogens is 400 g/mol. The predicted molar refractivity (Wildman–Crippen MR) is 128 cm³/mol. The highest BCUT2D eigenvalue weighted by atomic mass is 16.2. The predicted octanol–water partition coefficient (Wildman–Crippen LogP) is 4.98. The number of aromatic nitrogens is 1. The second-order valence-electron chi connectivity index (χ2n) is 7.50. The molecule has 166 valence electrons. The van der Waals surface area contributed by atoms with Crippen LogP contribution < -0.4 is 15.5 Å². The van der Waals surface area contributed by atoms with Gasteiger partial charge in [0.15, 0.2) is 0 Å². The Balaban J connectivity index is 1.56. The highest BCUT2D eigenvalue weighted by molar-refractivity contribution is 5.94. The molecule has 0 bridgehead atoms. The average molecular weight is 431 g/mol. The van der Waals surface area contributed by atoms with Crippen LogP contribution in [0.1, 0.15) is 42.5 Å². The number of nitrogens with zero attached hydrogens (tertiary/aromatic N) is 2. The van der Waals surface area contributed by atoms with Gasteiger partial charge in [0.1, 0.15) is 5.82 Å². The molecule has 32 heavy (non-hydrogen) atoms. The zero-order chi connectivity index (χ0) is 22.6. The van der Waals surface area contributed by atoms with E-state index in [1.54, 1.807) is 13.2 Å². The minimum Gasteiger partial charge on any atom is -0.359 e. The van der Waals surface area contributed by atoms with Crippen LogP contribution in [0.15, 0.2) is 79.0 Å². The van der Waals surface area contributed by atoms with Crippen molar-refractivity contribution in [3.8, 4) is 0 Å². The first-order chi connectivity index (χ1) is 15.7. The summed E-state index contributed by atoms with van der Waals surface area (Å²) in [5, 5.41) is 5.60. The lowest BCUT2D eigenvalue weighted by atomic mass is 10.1. The number of hydrogen-bond acceptors (Lipinski definition) is 4. The van der Waals surface area contributed by atoms with E-state index in [0.29, 0.717) is 18.5 Å². The molecule has 0 aliphatic heterocycles. The molecule has 0 fully saturated rings. The highest BCUT2D eigenvalue weighted by Gasteiger charge is 2.14. The van der Waals surface area contributed by atoms with Gasteiger partial charge < -0.3 is 10.6 Å². The Kier molecular flexibility index (Phi) is 8.80. The van der Waals surface area contributed by atoms with Gasteiger partial charge in [0.05, 0.1) is 0 Å². The quantitative estimate of drug-likeness (QED) is 0.421. The number of anilines is 3. The number of rotatable bonds is 11. The Labute approximate surface area is 189 Å². The van der Waals surface area contributed by atoms with Crippen molar-refractivity contribution in [3.05, 3.63) is 84.6 Å². The minimum absolute atomic E-state index is 0.0778. The van der Waals surface area contributed by atoms with E-state index in [0.717, 1.165) is 42.9 Å². The summed E-state index contributed by atoms with van der Waals surface area (Å²) in [7, 11) is 1.65. The van der Waals surface area contributed by atoms with E-state index >= 15 is 0 Å². The molecule has 1 aromatic heterocycles. The second-order valence-corrected chi connectivity index (χ2v) is 7.50. The molecule has 0 aliphatic rings. The number of benzene rings is 2. The van der Waals surface area contributed by atoms with E-state index in [2.05, 4.69) is 20.5 Å². The van der Waals surface area contributed by atoms with Crippen LogP contribution in [0.3, 0.4) is 0 Å². The summed E-state index contributed by atoms with van der Waals surface area (Å²) in [5.74, 6) is 0.814. The standard InChI is InChI=1S/C26H30N4O2/c1-27-25(31)14-7-2-3-9-20-29-26(32)21-15-17-23(18-16-21)30(22-11-5-4-6-12-22)24-13-8-10-19-28-24/h4-6,8,10-13,15-19H,2-3,7,9,14,20H2,1H3,(H,27,31)(H,29,32). The van der Waals surface area contributed by atoms with Gasteiger partial charge in [-0.3, -0.25) is 14.5 Å². The van der Waals surface area contributed by atoms with Crippen molar-refractivity contribution < 1.29 is 9.59 Å². The van der Waals surface area contributed by atoms with Crippen molar-refractivity contribution >= 4 is 29.0 Å². The summed E-state index contributed by atoms with van der Waals surface area (Å²) >= 11 is 0. The third-order valence-electron chi connectivity index (χ3n) is 5.18. The molecule has 0 radical (unpaired) electrons. The van der Waals surface area contributed by atoms with Gasteiger partial charge in [-0.05, 0) is 61.4 Å². The van der Waals surface area contributed by atoms with Gasteiger partial charge in [0.25, 0.3) is 5.91 Å². The molecule has 2 amide bonds. The Morgan fingerprint density at radius 3 is 2.19 bits per heavy atom. The summed E-state index contributed by atoms with van der Waals surface area (Å²) in [5.41, 5.74) is 2.56. The Bertz CT molecular complexity index is 936. The maximum absolute atomic E-state index is 12.5. The third kappa shape index (κ3) is 6.67. The molecule has 3 aromatic rings. The molecule has 2 N–H and O–H groups in total. The number of unbranched alkanes of at least 4 members (excludes halogenated alkanes) is 3. The first-order valence-electron chi connectivity index (χ1n) is 11.0. The van der Waals surface area contributed by atoms with Crippen LogP contribution in [-0.4, -0.2) is 30.4 Å². The zero-order valence-electron chi connectivity index (χ0n) is 18.5. The van der Waals surface area contributed by atoms with Crippen LogP contribution >= 0.6 is 0 Å². The van der Waals surface area contributed by atoms with E-state index in [4.69, 9.17) is 0 Å². The Hall–Kier alpha value is -3.67. The van der Waals surface area contributed by atoms with Gasteiger partial charge >= 0.3 is 0 Å². The van der Waals surface area contributed by atoms with E-state index in [1.807, 2.05) is 72.8 Å². The monoisotopic (exact) mass is 430 g/mol. The SMILES string of the molecule is CNC(=O)CCCCCCNC(=O)c1ccc(N(c2ccccc2)c2ccccn2)cc1. The van der Waals surface area contributed by atoms with Crippen LogP contribution in [0, 0.1) is 0 Å². The minimum atomic E-state index is -0.0778. The number of pyridine rings is 1. The fourth-order valence-corrected chi connectivity index (χ4v) is 3.43. The van der Waals surface area contributed by atoms with Gasteiger partial charge in [0.2, 0.25) is 5.91 Å². The smallest absolute Gasteiger partial charge is 0.251 e. The number of hydrogen-bond donors (Lipinski definition) is 2. The fraction of sp³-hybridized carbons (Fsp3) is 0.269. The Morgan fingerprint density at radius 1 is 0.812 bits per heavy atom. The first-order valence-corrected chi connectivity index (χ1v) is 11.0. The molecule has 3 rings (SSSR count). The van der Waals surface area contributed by atoms with Gasteiger partial charge in [-0.1, -0.05) is 37.1 Å². The maximum atomic E-state index is 12.5. The van der Waals surface area contributed by atoms with Crippen molar-refractivity contribution in [1.82, 2.24) is 15.6 Å². The van der Waals surface area contributed by atoms with Crippen molar-refractivity contribution in [3.63, 3.8) is 0 Å². The number of carbonyl (C=O) groups excluding carboxylic acids is 2. The van der Waals surface area contributed by atoms with Gasteiger partial charge in [0, 0.05) is 43.1 Å². The molecule has 0 saturated carbocycles. The molecule has 0 atom stereocenters. The second kappa shape index (κ2) is 12.2. The van der Waals surface area contributed by atoms with Crippen LogP contribution in [0.2, 0.25) is 0 Å². The van der Waals surface area contributed by atoms with Crippen LogP contribution in [0.4, 0.5) is 17.2 Å². The number of carbonyl (C=O) groups is 2. The third-order valence-corrected chi connectivity index (χ3v) is 5.18. The molecule has 6 heteroatoms. The van der Waals surface area contributed by atoms with Crippen molar-refractivity contribution in [2.24, 2.45) is 0 Å². The molecule has 1 heterocycles. The maximum Gasteiger partial charge on any atom is 0.251 e. The lowest BCUT2D eigenvalue weighted by Crippen LogP contribution is -2.24.